The quantitative estimate of drug-likeness (QED) is 0.380. The number of hydrogen-bond acceptors (Lipinski definition) is 2. The van der Waals surface area contributed by atoms with E-state index in [1.54, 1.807) is 18.0 Å². The molecule has 192 valence electrons. The lowest BCUT2D eigenvalue weighted by molar-refractivity contribution is -0.129. The van der Waals surface area contributed by atoms with Gasteiger partial charge in [0.05, 0.1) is 5.41 Å². The molecule has 0 aromatic heterocycles. The van der Waals surface area contributed by atoms with Crippen molar-refractivity contribution in [2.45, 2.75) is 51.1 Å². The van der Waals surface area contributed by atoms with Crippen LogP contribution in [0.1, 0.15) is 65.6 Å². The molecular weight excluding hydrogens is 503 g/mol. The number of halogens is 2. The molecule has 2 amide bonds. The van der Waals surface area contributed by atoms with Crippen molar-refractivity contribution in [1.29, 1.82) is 0 Å². The van der Waals surface area contributed by atoms with Crippen LogP contribution in [0.15, 0.2) is 72.8 Å². The molecule has 0 spiro atoms. The van der Waals surface area contributed by atoms with Gasteiger partial charge in [-0.2, -0.15) is 0 Å². The van der Waals surface area contributed by atoms with Crippen molar-refractivity contribution in [3.63, 3.8) is 0 Å². The van der Waals surface area contributed by atoms with Gasteiger partial charge in [-0.3, -0.25) is 9.59 Å². The fraction of sp³-hybridized carbons (Fsp3) is 0.355. The molecule has 4 nitrogen and oxygen atoms in total. The molecule has 1 aliphatic heterocycles. The Morgan fingerprint density at radius 1 is 1.05 bits per heavy atom. The predicted molar refractivity (Wildman–Crippen MR) is 149 cm³/mol. The van der Waals surface area contributed by atoms with Crippen LogP contribution in [-0.4, -0.2) is 29.8 Å². The van der Waals surface area contributed by atoms with Crippen LogP contribution < -0.4 is 5.32 Å². The Hall–Kier alpha value is -2.82. The van der Waals surface area contributed by atoms with Gasteiger partial charge < -0.3 is 10.2 Å². The molecule has 1 saturated heterocycles. The van der Waals surface area contributed by atoms with Gasteiger partial charge in [-0.25, -0.2) is 0 Å². The summed E-state index contributed by atoms with van der Waals surface area (Å²) in [4.78, 5) is 27.9. The third-order valence-corrected chi connectivity index (χ3v) is 9.04. The summed E-state index contributed by atoms with van der Waals surface area (Å²) in [5.74, 6) is 0.394. The van der Waals surface area contributed by atoms with E-state index in [9.17, 15) is 9.59 Å². The van der Waals surface area contributed by atoms with Gasteiger partial charge in [0.25, 0.3) is 5.91 Å². The Morgan fingerprint density at radius 2 is 1.76 bits per heavy atom. The van der Waals surface area contributed by atoms with Crippen LogP contribution in [0.3, 0.4) is 0 Å². The zero-order valence-corrected chi connectivity index (χ0v) is 22.9. The van der Waals surface area contributed by atoms with E-state index in [1.165, 1.54) is 0 Å². The molecule has 5 rings (SSSR count). The second-order valence-electron chi connectivity index (χ2n) is 10.8. The second kappa shape index (κ2) is 10.2. The summed E-state index contributed by atoms with van der Waals surface area (Å²) >= 11 is 13.1. The van der Waals surface area contributed by atoms with E-state index in [0.717, 1.165) is 29.5 Å². The average Bonchev–Trinajstić information content (AvgIpc) is 3.12. The fourth-order valence-corrected chi connectivity index (χ4v) is 7.07. The summed E-state index contributed by atoms with van der Waals surface area (Å²) in [6, 6.07) is 23.7. The first-order chi connectivity index (χ1) is 17.7. The molecule has 0 radical (unpaired) electrons. The van der Waals surface area contributed by atoms with Crippen LogP contribution >= 0.6 is 23.2 Å². The number of nitrogens with zero attached hydrogens (tertiary/aromatic N) is 1. The smallest absolute Gasteiger partial charge is 0.253 e. The third kappa shape index (κ3) is 4.78. The molecule has 5 atom stereocenters. The zero-order valence-electron chi connectivity index (χ0n) is 21.4. The number of carbonyl (C=O) groups is 2. The monoisotopic (exact) mass is 534 g/mol. The topological polar surface area (TPSA) is 49.4 Å². The zero-order chi connectivity index (χ0) is 26.3. The molecule has 37 heavy (non-hydrogen) atoms. The van der Waals surface area contributed by atoms with Gasteiger partial charge in [0.15, 0.2) is 0 Å². The maximum atomic E-state index is 13.2. The molecule has 0 unspecified atom stereocenters. The summed E-state index contributed by atoms with van der Waals surface area (Å²) in [5, 5.41) is 4.49. The van der Waals surface area contributed by atoms with E-state index in [2.05, 4.69) is 31.3 Å². The van der Waals surface area contributed by atoms with Crippen molar-refractivity contribution in [2.24, 2.45) is 11.3 Å². The number of amides is 2. The summed E-state index contributed by atoms with van der Waals surface area (Å²) in [6.45, 7) is 4.73. The summed E-state index contributed by atoms with van der Waals surface area (Å²) in [5.41, 5.74) is 3.40. The fourth-order valence-electron chi connectivity index (χ4n) is 6.62. The third-order valence-electron chi connectivity index (χ3n) is 8.46. The van der Waals surface area contributed by atoms with Crippen LogP contribution in [-0.2, 0) is 11.3 Å². The highest BCUT2D eigenvalue weighted by Gasteiger charge is 2.57. The number of nitrogens with one attached hydrogen (secondary N) is 1. The highest BCUT2D eigenvalue weighted by molar-refractivity contribution is 6.32. The summed E-state index contributed by atoms with van der Waals surface area (Å²) in [6.07, 6.45) is 1.63. The van der Waals surface area contributed by atoms with Crippen molar-refractivity contribution in [2.75, 3.05) is 7.05 Å². The Labute approximate surface area is 229 Å². The summed E-state index contributed by atoms with van der Waals surface area (Å²) in [7, 11) is 1.81. The normalized spacial score (nSPS) is 26.9. The molecular formula is C31H32Cl2N2O2. The minimum Gasteiger partial charge on any atom is -0.353 e. The lowest BCUT2D eigenvalue weighted by Crippen LogP contribution is -2.42. The van der Waals surface area contributed by atoms with E-state index >= 15 is 0 Å². The molecule has 1 saturated carbocycles. The number of benzene rings is 3. The molecule has 3 aromatic rings. The molecule has 1 aliphatic carbocycles. The minimum atomic E-state index is -0.428. The number of hydrogen-bond donors (Lipinski definition) is 1. The largest absolute Gasteiger partial charge is 0.353 e. The van der Waals surface area contributed by atoms with E-state index in [0.29, 0.717) is 22.2 Å². The molecule has 1 N–H and O–H groups in total. The van der Waals surface area contributed by atoms with Crippen LogP contribution in [0.5, 0.6) is 0 Å². The maximum absolute atomic E-state index is 13.2. The number of fused-ring (bicyclic) bond motifs is 1. The lowest BCUT2D eigenvalue weighted by atomic mass is 9.56. The van der Waals surface area contributed by atoms with Gasteiger partial charge in [-0.1, -0.05) is 78.7 Å². The van der Waals surface area contributed by atoms with Gasteiger partial charge in [0, 0.05) is 41.2 Å². The number of carbonyl (C=O) groups excluding carboxylic acids is 2. The van der Waals surface area contributed by atoms with Gasteiger partial charge in [0.1, 0.15) is 0 Å². The molecule has 1 heterocycles. The first kappa shape index (κ1) is 25.8. The predicted octanol–water partition coefficient (Wildman–Crippen LogP) is 7.07. The van der Waals surface area contributed by atoms with Crippen molar-refractivity contribution >= 4 is 35.0 Å². The van der Waals surface area contributed by atoms with Crippen molar-refractivity contribution in [3.8, 4) is 0 Å². The highest BCUT2D eigenvalue weighted by atomic mass is 35.5. The molecule has 6 heteroatoms. The number of rotatable bonds is 5. The highest BCUT2D eigenvalue weighted by Crippen LogP contribution is 2.59. The van der Waals surface area contributed by atoms with Crippen molar-refractivity contribution in [1.82, 2.24) is 10.2 Å². The van der Waals surface area contributed by atoms with Crippen LogP contribution in [0, 0.1) is 11.3 Å². The summed E-state index contributed by atoms with van der Waals surface area (Å²) < 4.78 is 0. The Kier molecular flexibility index (Phi) is 7.08. The van der Waals surface area contributed by atoms with E-state index in [-0.39, 0.29) is 35.6 Å². The molecule has 0 bridgehead atoms. The second-order valence-corrected chi connectivity index (χ2v) is 11.7. The van der Waals surface area contributed by atoms with Crippen LogP contribution in [0.4, 0.5) is 0 Å². The standard InChI is InChI=1S/C31H32Cl2N2O2/c1-19-28-27(21-9-12-23(32)13-10-21)25(15-16-31(28,2)30(37)34-19)24-14-11-22(17-26(24)33)29(36)35(3)18-20-7-5-4-6-8-20/h4-14,17,19,25,27-28H,15-16,18H2,1-3H3,(H,34,37)/t19-,25+,27+,28+,31-/m1/s1. The minimum absolute atomic E-state index is 0.0484. The maximum Gasteiger partial charge on any atom is 0.253 e. The molecule has 2 aliphatic rings. The first-order valence-corrected chi connectivity index (χ1v) is 13.6. The van der Waals surface area contributed by atoms with E-state index < -0.39 is 5.41 Å². The Bertz CT molecular complexity index is 1310. The van der Waals surface area contributed by atoms with Gasteiger partial charge in [0.2, 0.25) is 5.91 Å². The lowest BCUT2D eigenvalue weighted by Gasteiger charge is -2.46. The average molecular weight is 536 g/mol. The van der Waals surface area contributed by atoms with Gasteiger partial charge in [-0.05, 0) is 72.6 Å². The Balaban J connectivity index is 1.47. The van der Waals surface area contributed by atoms with E-state index in [1.807, 2.05) is 54.6 Å². The molecule has 2 fully saturated rings. The van der Waals surface area contributed by atoms with Crippen molar-refractivity contribution in [3.05, 3.63) is 105 Å². The molecule has 3 aromatic carbocycles. The van der Waals surface area contributed by atoms with Crippen molar-refractivity contribution < 1.29 is 9.59 Å². The van der Waals surface area contributed by atoms with Crippen LogP contribution in [0.2, 0.25) is 10.0 Å². The first-order valence-electron chi connectivity index (χ1n) is 12.8. The SMILES string of the molecule is C[C@H]1NC(=O)[C@]2(C)CC[C@@H](c3ccc(C(=O)N(C)Cc4ccccc4)cc3Cl)[C@H](c3ccc(Cl)cc3)[C@H]12. The van der Waals surface area contributed by atoms with E-state index in [4.69, 9.17) is 23.2 Å². The van der Waals surface area contributed by atoms with Gasteiger partial charge in [-0.15, -0.1) is 0 Å². The Morgan fingerprint density at radius 3 is 2.43 bits per heavy atom. The van der Waals surface area contributed by atoms with Crippen LogP contribution in [0.25, 0.3) is 0 Å². The van der Waals surface area contributed by atoms with Gasteiger partial charge >= 0.3 is 0 Å².